The molecule has 0 atom stereocenters. The van der Waals surface area contributed by atoms with Crippen LogP contribution in [0.25, 0.3) is 67.1 Å². The Kier molecular flexibility index (Phi) is 12.4. The van der Waals surface area contributed by atoms with Crippen LogP contribution in [-0.2, 0) is 19.2 Å². The molecule has 324 valence electrons. The van der Waals surface area contributed by atoms with Gasteiger partial charge in [-0.25, -0.2) is 19.7 Å². The van der Waals surface area contributed by atoms with Gasteiger partial charge in [0.25, 0.3) is 11.8 Å². The van der Waals surface area contributed by atoms with Gasteiger partial charge in [0.1, 0.15) is 20.8 Å². The number of carbonyl (C=O) groups excluding carboxylic acids is 3. The van der Waals surface area contributed by atoms with Crippen molar-refractivity contribution in [2.24, 2.45) is 0 Å². The van der Waals surface area contributed by atoms with Gasteiger partial charge in [0.05, 0.1) is 43.7 Å². The van der Waals surface area contributed by atoms with Crippen molar-refractivity contribution >= 4 is 136 Å². The van der Waals surface area contributed by atoms with E-state index >= 15 is 0 Å². The highest BCUT2D eigenvalue weighted by Gasteiger charge is 2.32. The van der Waals surface area contributed by atoms with Gasteiger partial charge in [-0.1, -0.05) is 72.8 Å². The van der Waals surface area contributed by atoms with E-state index in [1.807, 2.05) is 91.0 Å². The molecule has 0 aliphatic carbocycles. The van der Waals surface area contributed by atoms with Crippen LogP contribution in [0.3, 0.4) is 0 Å². The number of amides is 2. The van der Waals surface area contributed by atoms with Crippen molar-refractivity contribution in [1.82, 2.24) is 20.0 Å². The maximum absolute atomic E-state index is 12.6. The first kappa shape index (κ1) is 42.4. The molecular weight excluding hydrogens is 883 g/mol. The number of hydrogen-bond donors (Lipinski definition) is 0. The van der Waals surface area contributed by atoms with E-state index in [1.165, 1.54) is 0 Å². The van der Waals surface area contributed by atoms with Crippen LogP contribution in [0.5, 0.6) is 5.75 Å². The van der Waals surface area contributed by atoms with Gasteiger partial charge in [0.15, 0.2) is 0 Å². The van der Waals surface area contributed by atoms with E-state index in [-0.39, 0.29) is 25.9 Å². The van der Waals surface area contributed by atoms with Gasteiger partial charge >= 0.3 is 5.97 Å². The molecule has 1 fully saturated rings. The summed E-state index contributed by atoms with van der Waals surface area (Å²) in [4.78, 5) is 58.3. The number of rotatable bonds is 15. The number of hydroxylamine groups is 2. The molecule has 9 aromatic rings. The number of fused-ring (bicyclic) bond motifs is 3. The molecule has 2 amide bonds. The summed E-state index contributed by atoms with van der Waals surface area (Å²) >= 11 is 4.93. The lowest BCUT2D eigenvalue weighted by atomic mass is 10.1. The molecule has 1 aliphatic rings. The minimum Gasteiger partial charge on any atom is -0.493 e. The van der Waals surface area contributed by atoms with Gasteiger partial charge in [-0.15, -0.1) is 39.1 Å². The monoisotopic (exact) mass is 921 g/mol. The average Bonchev–Trinajstić information content (AvgIpc) is 4.14. The second kappa shape index (κ2) is 19.3. The number of carbonyl (C=O) groups is 3. The van der Waals surface area contributed by atoms with Crippen LogP contribution in [0.15, 0.2) is 140 Å². The fourth-order valence-electron chi connectivity index (χ4n) is 7.43. The molecular formula is C53H39N5O5S3. The number of anilines is 3. The molecule has 66 heavy (non-hydrogen) atoms. The predicted molar refractivity (Wildman–Crippen MR) is 269 cm³/mol. The number of ether oxygens (including phenoxy) is 1. The van der Waals surface area contributed by atoms with Crippen molar-refractivity contribution in [2.75, 3.05) is 11.5 Å². The minimum absolute atomic E-state index is 0.0361. The van der Waals surface area contributed by atoms with Crippen LogP contribution < -0.4 is 9.64 Å². The number of hydrogen-bond acceptors (Lipinski definition) is 12. The van der Waals surface area contributed by atoms with Gasteiger partial charge in [-0.2, -0.15) is 0 Å². The first-order chi connectivity index (χ1) is 32.4. The summed E-state index contributed by atoms with van der Waals surface area (Å²) < 4.78 is 9.86. The van der Waals surface area contributed by atoms with Crippen molar-refractivity contribution in [2.45, 2.75) is 25.7 Å². The summed E-state index contributed by atoms with van der Waals surface area (Å²) in [6.07, 6.45) is 12.5. The first-order valence-corrected chi connectivity index (χ1v) is 23.8. The molecule has 0 bridgehead atoms. The van der Waals surface area contributed by atoms with Crippen LogP contribution in [0.4, 0.5) is 17.1 Å². The third kappa shape index (κ3) is 9.73. The lowest BCUT2D eigenvalue weighted by molar-refractivity contribution is -0.197. The van der Waals surface area contributed by atoms with E-state index in [2.05, 4.69) is 89.8 Å². The molecule has 3 aromatic heterocycles. The number of para-hydroxylation sites is 3. The first-order valence-electron chi connectivity index (χ1n) is 21.3. The molecule has 1 aliphatic heterocycles. The predicted octanol–water partition coefficient (Wildman–Crippen LogP) is 13.3. The molecule has 0 saturated carbocycles. The smallest absolute Gasteiger partial charge is 0.333 e. The molecule has 0 radical (unpaired) electrons. The number of thiazole rings is 3. The Hall–Kier alpha value is -7.58. The maximum atomic E-state index is 12.6. The SMILES string of the molecule is O=C(CCCOc1cc(N(c2ccc(/C=C/c3nc4ccccc4s3)cc2)c2ccc(/C=C/c3nc4ccccc4s3)cc2)ccc1/C=C/c1nc2ccccc2s1)ON1C(=O)CCC1=O. The molecule has 13 heteroatoms. The fourth-order valence-corrected chi connectivity index (χ4v) is 10.0. The normalized spacial score (nSPS) is 13.1. The molecule has 10 nitrogen and oxygen atoms in total. The standard InChI is InChI=1S/C53H39N5O5S3/c59-51-31-32-52(60)58(51)63-53(61)14-7-33-62-44-34-40(27-21-37(44)22-30-50-56-43-10-3-6-13-47(43)66-50)57(38-23-15-35(16-24-38)19-28-48-54-41-8-1-4-11-45(41)64-48)39-25-17-36(18-26-39)20-29-49-55-42-9-2-5-12-46(42)65-49/h1-6,8-13,15-30,34H,7,14,31-33H2/b28-19+,29-20+,30-22+. The van der Waals surface area contributed by atoms with Crippen molar-refractivity contribution < 1.29 is 24.0 Å². The molecule has 6 aromatic carbocycles. The highest BCUT2D eigenvalue weighted by atomic mass is 32.1. The van der Waals surface area contributed by atoms with E-state index in [1.54, 1.807) is 34.0 Å². The van der Waals surface area contributed by atoms with E-state index in [0.29, 0.717) is 17.2 Å². The Bertz CT molecular complexity index is 3090. The molecule has 0 N–H and O–H groups in total. The summed E-state index contributed by atoms with van der Waals surface area (Å²) in [5.41, 5.74) is 8.51. The summed E-state index contributed by atoms with van der Waals surface area (Å²) in [6.45, 7) is 0.174. The van der Waals surface area contributed by atoms with Crippen LogP contribution in [0, 0.1) is 0 Å². The van der Waals surface area contributed by atoms with Gasteiger partial charge < -0.3 is 14.5 Å². The zero-order valence-electron chi connectivity index (χ0n) is 35.3. The molecule has 1 saturated heterocycles. The van der Waals surface area contributed by atoms with Gasteiger partial charge in [-0.05, 0) is 115 Å². The quantitative estimate of drug-likeness (QED) is 0.0732. The summed E-state index contributed by atoms with van der Waals surface area (Å²) in [5.74, 6) is -1.10. The van der Waals surface area contributed by atoms with E-state index in [9.17, 15) is 14.4 Å². The Balaban J connectivity index is 0.951. The van der Waals surface area contributed by atoms with Gasteiger partial charge in [-0.3, -0.25) is 9.59 Å². The van der Waals surface area contributed by atoms with Crippen molar-refractivity contribution in [1.29, 1.82) is 0 Å². The second-order valence-corrected chi connectivity index (χ2v) is 18.5. The third-order valence-electron chi connectivity index (χ3n) is 10.7. The number of aromatic nitrogens is 3. The Morgan fingerprint density at radius 2 is 1.02 bits per heavy atom. The minimum atomic E-state index is -0.671. The molecule has 0 unspecified atom stereocenters. The Labute approximate surface area is 392 Å². The van der Waals surface area contributed by atoms with Crippen LogP contribution in [0.1, 0.15) is 57.4 Å². The lowest BCUT2D eigenvalue weighted by Crippen LogP contribution is -2.32. The third-order valence-corrected chi connectivity index (χ3v) is 13.7. The molecule has 0 spiro atoms. The Morgan fingerprint density at radius 1 is 0.561 bits per heavy atom. The molecule has 4 heterocycles. The van der Waals surface area contributed by atoms with Crippen LogP contribution >= 0.6 is 34.0 Å². The highest BCUT2D eigenvalue weighted by Crippen LogP contribution is 2.39. The van der Waals surface area contributed by atoms with Gasteiger partial charge in [0, 0.05) is 41.5 Å². The number of imide groups is 1. The topological polar surface area (TPSA) is 115 Å². The molecule has 10 rings (SSSR count). The number of benzene rings is 6. The van der Waals surface area contributed by atoms with Crippen LogP contribution in [-0.4, -0.2) is 44.4 Å². The summed E-state index contributed by atoms with van der Waals surface area (Å²) in [7, 11) is 0. The Morgan fingerprint density at radius 3 is 1.50 bits per heavy atom. The van der Waals surface area contributed by atoms with Crippen molar-refractivity contribution in [3.63, 3.8) is 0 Å². The van der Waals surface area contributed by atoms with Crippen LogP contribution in [0.2, 0.25) is 0 Å². The van der Waals surface area contributed by atoms with Crippen molar-refractivity contribution in [3.8, 4) is 5.75 Å². The fraction of sp³-hybridized carbons (Fsp3) is 0.0943. The highest BCUT2D eigenvalue weighted by molar-refractivity contribution is 7.20. The average molecular weight is 922 g/mol. The van der Waals surface area contributed by atoms with Gasteiger partial charge in [0.2, 0.25) is 0 Å². The van der Waals surface area contributed by atoms with E-state index in [0.717, 1.165) is 79.4 Å². The van der Waals surface area contributed by atoms with E-state index in [4.69, 9.17) is 24.5 Å². The zero-order chi connectivity index (χ0) is 44.8. The largest absolute Gasteiger partial charge is 0.493 e. The summed E-state index contributed by atoms with van der Waals surface area (Å²) in [5, 5.41) is 3.31. The zero-order valence-corrected chi connectivity index (χ0v) is 37.7. The lowest BCUT2D eigenvalue weighted by Gasteiger charge is -2.26. The van der Waals surface area contributed by atoms with E-state index < -0.39 is 17.8 Å². The number of nitrogens with zero attached hydrogens (tertiary/aromatic N) is 5. The van der Waals surface area contributed by atoms with Crippen molar-refractivity contribution in [3.05, 3.63) is 171 Å². The second-order valence-electron chi connectivity index (χ2n) is 15.3. The maximum Gasteiger partial charge on any atom is 0.333 e. The summed E-state index contributed by atoms with van der Waals surface area (Å²) in [6, 6.07) is 47.2.